The molecule has 0 aliphatic heterocycles. The van der Waals surface area contributed by atoms with Gasteiger partial charge < -0.3 is 5.11 Å². The van der Waals surface area contributed by atoms with Crippen molar-refractivity contribution in [3.63, 3.8) is 0 Å². The van der Waals surface area contributed by atoms with E-state index >= 15 is 0 Å². The van der Waals surface area contributed by atoms with E-state index in [1.165, 1.54) is 31.2 Å². The number of aryl methyl sites for hydroxylation is 1. The van der Waals surface area contributed by atoms with Gasteiger partial charge in [-0.05, 0) is 54.7 Å². The second-order valence-electron chi connectivity index (χ2n) is 6.06. The maximum Gasteiger partial charge on any atom is 0.303 e. The second kappa shape index (κ2) is 7.12. The average molecular weight is 295 g/mol. The van der Waals surface area contributed by atoms with E-state index in [1.54, 1.807) is 0 Å². The Balaban J connectivity index is 1.97. The molecule has 1 aromatic carbocycles. The summed E-state index contributed by atoms with van der Waals surface area (Å²) in [7, 11) is 0. The molecule has 0 saturated heterocycles. The van der Waals surface area contributed by atoms with Crippen molar-refractivity contribution in [2.75, 3.05) is 0 Å². The van der Waals surface area contributed by atoms with Crippen LogP contribution in [0, 0.1) is 5.92 Å². The van der Waals surface area contributed by atoms with Crippen molar-refractivity contribution in [3.8, 4) is 0 Å². The molecule has 0 radical (unpaired) electrons. The lowest BCUT2D eigenvalue weighted by atomic mass is 9.79. The Hall–Kier alpha value is -1.02. The Labute approximate surface area is 126 Å². The predicted octanol–water partition coefficient (Wildman–Crippen LogP) is 5.04. The van der Waals surface area contributed by atoms with Crippen LogP contribution in [0.1, 0.15) is 62.5 Å². The number of hydrogen-bond donors (Lipinski definition) is 1. The topological polar surface area (TPSA) is 37.3 Å². The van der Waals surface area contributed by atoms with Crippen molar-refractivity contribution >= 4 is 17.6 Å². The SMILES string of the molecule is CC1CCC(c2ccc(CCCC(=O)O)cc2Cl)CC1. The normalized spacial score (nSPS) is 22.7. The highest BCUT2D eigenvalue weighted by molar-refractivity contribution is 6.31. The molecule has 1 N–H and O–H groups in total. The molecule has 20 heavy (non-hydrogen) atoms. The van der Waals surface area contributed by atoms with Crippen LogP contribution in [0.25, 0.3) is 0 Å². The molecule has 0 atom stereocenters. The number of halogens is 1. The highest BCUT2D eigenvalue weighted by Gasteiger charge is 2.21. The van der Waals surface area contributed by atoms with Crippen LogP contribution in [0.4, 0.5) is 0 Å². The Morgan fingerprint density at radius 1 is 1.30 bits per heavy atom. The minimum Gasteiger partial charge on any atom is -0.481 e. The molecule has 1 aliphatic rings. The number of carbonyl (C=O) groups is 1. The minimum atomic E-state index is -0.732. The maximum atomic E-state index is 10.5. The van der Waals surface area contributed by atoms with Crippen LogP contribution in [0.3, 0.4) is 0 Å². The molecule has 0 amide bonds. The number of aliphatic carboxylic acids is 1. The van der Waals surface area contributed by atoms with E-state index in [4.69, 9.17) is 16.7 Å². The van der Waals surface area contributed by atoms with Crippen LogP contribution in [-0.2, 0) is 11.2 Å². The zero-order valence-electron chi connectivity index (χ0n) is 12.1. The number of hydrogen-bond acceptors (Lipinski definition) is 1. The molecule has 110 valence electrons. The maximum absolute atomic E-state index is 10.5. The van der Waals surface area contributed by atoms with Crippen LogP contribution in [-0.4, -0.2) is 11.1 Å². The standard InChI is InChI=1S/C17H23ClO2/c1-12-5-8-14(9-6-12)15-10-7-13(11-16(15)18)3-2-4-17(19)20/h7,10-12,14H,2-6,8-9H2,1H3,(H,19,20). The molecular formula is C17H23ClO2. The van der Waals surface area contributed by atoms with Crippen molar-refractivity contribution in [3.05, 3.63) is 34.3 Å². The fraction of sp³-hybridized carbons (Fsp3) is 0.588. The highest BCUT2D eigenvalue weighted by Crippen LogP contribution is 2.38. The van der Waals surface area contributed by atoms with E-state index in [1.807, 2.05) is 6.07 Å². The number of carboxylic acids is 1. The van der Waals surface area contributed by atoms with E-state index in [9.17, 15) is 4.79 Å². The van der Waals surface area contributed by atoms with Gasteiger partial charge in [0.15, 0.2) is 0 Å². The Bertz CT molecular complexity index is 462. The first-order chi connectivity index (χ1) is 9.56. The van der Waals surface area contributed by atoms with Gasteiger partial charge in [0, 0.05) is 11.4 Å². The Morgan fingerprint density at radius 3 is 2.60 bits per heavy atom. The molecule has 0 spiro atoms. The summed E-state index contributed by atoms with van der Waals surface area (Å²) in [6.45, 7) is 2.32. The molecule has 2 nitrogen and oxygen atoms in total. The molecule has 0 aromatic heterocycles. The zero-order chi connectivity index (χ0) is 14.5. The number of carboxylic acid groups (broad SMARTS) is 1. The summed E-state index contributed by atoms with van der Waals surface area (Å²) in [4.78, 5) is 10.5. The van der Waals surface area contributed by atoms with E-state index in [0.717, 1.165) is 22.9 Å². The lowest BCUT2D eigenvalue weighted by molar-refractivity contribution is -0.137. The Morgan fingerprint density at radius 2 is 2.00 bits per heavy atom. The highest BCUT2D eigenvalue weighted by atomic mass is 35.5. The molecule has 0 bridgehead atoms. The molecule has 1 saturated carbocycles. The zero-order valence-corrected chi connectivity index (χ0v) is 12.8. The summed E-state index contributed by atoms with van der Waals surface area (Å²) >= 11 is 6.42. The summed E-state index contributed by atoms with van der Waals surface area (Å²) in [6.07, 6.45) is 6.74. The molecule has 1 aliphatic carbocycles. The largest absolute Gasteiger partial charge is 0.481 e. The van der Waals surface area contributed by atoms with Crippen LogP contribution in [0.15, 0.2) is 18.2 Å². The van der Waals surface area contributed by atoms with Crippen LogP contribution >= 0.6 is 11.6 Å². The first kappa shape index (κ1) is 15.4. The van der Waals surface area contributed by atoms with Crippen molar-refractivity contribution in [2.24, 2.45) is 5.92 Å². The number of benzene rings is 1. The summed E-state index contributed by atoms with van der Waals surface area (Å²) in [5.74, 6) is 0.719. The lowest BCUT2D eigenvalue weighted by Crippen LogP contribution is -2.11. The van der Waals surface area contributed by atoms with Gasteiger partial charge in [0.25, 0.3) is 0 Å². The van der Waals surface area contributed by atoms with Gasteiger partial charge in [0.2, 0.25) is 0 Å². The summed E-state index contributed by atoms with van der Waals surface area (Å²) in [5, 5.41) is 9.51. The second-order valence-corrected chi connectivity index (χ2v) is 6.47. The van der Waals surface area contributed by atoms with Gasteiger partial charge in [-0.1, -0.05) is 43.5 Å². The van der Waals surface area contributed by atoms with Gasteiger partial charge >= 0.3 is 5.97 Å². The molecule has 1 aromatic rings. The Kier molecular flexibility index (Phi) is 5.47. The molecule has 0 heterocycles. The third-order valence-corrected chi connectivity index (χ3v) is 4.70. The summed E-state index contributed by atoms with van der Waals surface area (Å²) in [6, 6.07) is 6.29. The van der Waals surface area contributed by atoms with Gasteiger partial charge in [-0.2, -0.15) is 0 Å². The van der Waals surface area contributed by atoms with Crippen LogP contribution < -0.4 is 0 Å². The molecule has 3 heteroatoms. The first-order valence-electron chi connectivity index (χ1n) is 7.56. The van der Waals surface area contributed by atoms with Crippen molar-refractivity contribution in [1.82, 2.24) is 0 Å². The van der Waals surface area contributed by atoms with Gasteiger partial charge in [0.1, 0.15) is 0 Å². The van der Waals surface area contributed by atoms with E-state index in [0.29, 0.717) is 12.3 Å². The van der Waals surface area contributed by atoms with Crippen molar-refractivity contribution < 1.29 is 9.90 Å². The third-order valence-electron chi connectivity index (χ3n) is 4.38. The van der Waals surface area contributed by atoms with Crippen LogP contribution in [0.5, 0.6) is 0 Å². The van der Waals surface area contributed by atoms with Gasteiger partial charge in [-0.15, -0.1) is 0 Å². The van der Waals surface area contributed by atoms with E-state index < -0.39 is 5.97 Å². The van der Waals surface area contributed by atoms with E-state index in [2.05, 4.69) is 19.1 Å². The monoisotopic (exact) mass is 294 g/mol. The fourth-order valence-corrected chi connectivity index (χ4v) is 3.43. The fourth-order valence-electron chi connectivity index (χ4n) is 3.07. The smallest absolute Gasteiger partial charge is 0.303 e. The van der Waals surface area contributed by atoms with Gasteiger partial charge in [0.05, 0.1) is 0 Å². The molecule has 0 unspecified atom stereocenters. The predicted molar refractivity (Wildman–Crippen MR) is 82.4 cm³/mol. The molecular weight excluding hydrogens is 272 g/mol. The first-order valence-corrected chi connectivity index (χ1v) is 7.94. The van der Waals surface area contributed by atoms with Crippen molar-refractivity contribution in [2.45, 2.75) is 57.8 Å². The number of rotatable bonds is 5. The lowest BCUT2D eigenvalue weighted by Gasteiger charge is -2.27. The average Bonchev–Trinajstić information content (AvgIpc) is 2.40. The molecule has 2 rings (SSSR count). The van der Waals surface area contributed by atoms with Crippen molar-refractivity contribution in [1.29, 1.82) is 0 Å². The minimum absolute atomic E-state index is 0.222. The summed E-state index contributed by atoms with van der Waals surface area (Å²) < 4.78 is 0. The quantitative estimate of drug-likeness (QED) is 0.826. The molecule has 1 fully saturated rings. The van der Waals surface area contributed by atoms with E-state index in [-0.39, 0.29) is 6.42 Å². The van der Waals surface area contributed by atoms with Gasteiger partial charge in [-0.25, -0.2) is 0 Å². The summed E-state index contributed by atoms with van der Waals surface area (Å²) in [5.41, 5.74) is 2.42. The van der Waals surface area contributed by atoms with Crippen LogP contribution in [0.2, 0.25) is 5.02 Å². The van der Waals surface area contributed by atoms with Gasteiger partial charge in [-0.3, -0.25) is 4.79 Å². The third kappa shape index (κ3) is 4.24.